The van der Waals surface area contributed by atoms with E-state index in [1.165, 1.54) is 6.07 Å². The Hall–Kier alpha value is -2.31. The molecule has 0 aromatic heterocycles. The predicted octanol–water partition coefficient (Wildman–Crippen LogP) is 1.01. The Labute approximate surface area is 101 Å². The lowest BCUT2D eigenvalue weighted by atomic mass is 10.2. The van der Waals surface area contributed by atoms with Gasteiger partial charge in [0.15, 0.2) is 6.10 Å². The van der Waals surface area contributed by atoms with Gasteiger partial charge >= 0.3 is 12.1 Å². The maximum Gasteiger partial charge on any atom is 0.407 e. The highest BCUT2D eigenvalue weighted by atomic mass is 19.1. The maximum absolute atomic E-state index is 12.9. The molecule has 0 radical (unpaired) electrons. The molecule has 1 aromatic rings. The van der Waals surface area contributed by atoms with Crippen molar-refractivity contribution in [2.75, 3.05) is 13.2 Å². The number of ether oxygens (including phenoxy) is 2. The lowest BCUT2D eigenvalue weighted by Crippen LogP contribution is -2.22. The number of benzene rings is 1. The van der Waals surface area contributed by atoms with Crippen molar-refractivity contribution in [2.24, 2.45) is 0 Å². The first kappa shape index (κ1) is 12.2. The second-order valence-electron chi connectivity index (χ2n) is 3.66. The zero-order valence-electron chi connectivity index (χ0n) is 9.18. The molecule has 1 amide bonds. The molecule has 0 aliphatic carbocycles. The van der Waals surface area contributed by atoms with Crippen molar-refractivity contribution in [3.63, 3.8) is 0 Å². The minimum atomic E-state index is -1.29. The molecule has 1 heterocycles. The number of amides is 1. The van der Waals surface area contributed by atoms with Gasteiger partial charge < -0.3 is 19.9 Å². The number of hydrogen-bond acceptors (Lipinski definition) is 4. The number of halogens is 1. The van der Waals surface area contributed by atoms with Crippen molar-refractivity contribution < 1.29 is 28.6 Å². The maximum atomic E-state index is 12.9. The van der Waals surface area contributed by atoms with Crippen LogP contribution in [0, 0.1) is 5.82 Å². The molecule has 1 unspecified atom stereocenters. The summed E-state index contributed by atoms with van der Waals surface area (Å²) in [7, 11) is 0. The van der Waals surface area contributed by atoms with Crippen molar-refractivity contribution in [3.8, 4) is 5.75 Å². The van der Waals surface area contributed by atoms with E-state index in [1.54, 1.807) is 0 Å². The fourth-order valence-corrected chi connectivity index (χ4v) is 1.50. The third-order valence-electron chi connectivity index (χ3n) is 2.34. The van der Waals surface area contributed by atoms with Gasteiger partial charge in [0, 0.05) is 0 Å². The highest BCUT2D eigenvalue weighted by molar-refractivity contribution is 5.90. The fraction of sp³-hybridized carbons (Fsp3) is 0.273. The Balaban J connectivity index is 2.04. The summed E-state index contributed by atoms with van der Waals surface area (Å²) >= 11 is 0. The smallest absolute Gasteiger partial charge is 0.407 e. The first-order valence-corrected chi connectivity index (χ1v) is 5.16. The van der Waals surface area contributed by atoms with Gasteiger partial charge in [0.1, 0.15) is 23.7 Å². The standard InChI is InChI=1S/C11H10FNO5/c12-6-1-2-9(8(3-6)10(14)15)17-5-7-4-13-11(16)18-7/h1-3,7H,4-5H2,(H,13,16)(H,14,15). The SMILES string of the molecule is O=C1NCC(COc2ccc(F)cc2C(=O)O)O1. The van der Waals surface area contributed by atoms with Gasteiger partial charge in [-0.15, -0.1) is 0 Å². The van der Waals surface area contributed by atoms with Gasteiger partial charge in [0.2, 0.25) is 0 Å². The lowest BCUT2D eigenvalue weighted by molar-refractivity contribution is 0.0683. The number of carboxylic acids is 1. The molecule has 7 heteroatoms. The van der Waals surface area contributed by atoms with Crippen LogP contribution in [-0.2, 0) is 4.74 Å². The van der Waals surface area contributed by atoms with E-state index in [1.807, 2.05) is 0 Å². The summed E-state index contributed by atoms with van der Waals surface area (Å²) in [5.41, 5.74) is -0.271. The molecule has 18 heavy (non-hydrogen) atoms. The molecular formula is C11H10FNO5. The van der Waals surface area contributed by atoms with E-state index >= 15 is 0 Å². The molecule has 6 nitrogen and oxygen atoms in total. The molecule has 0 spiro atoms. The van der Waals surface area contributed by atoms with E-state index in [4.69, 9.17) is 14.6 Å². The Bertz CT molecular complexity index is 490. The third-order valence-corrected chi connectivity index (χ3v) is 2.34. The minimum absolute atomic E-state index is 0.00462. The zero-order chi connectivity index (χ0) is 13.1. The van der Waals surface area contributed by atoms with E-state index in [9.17, 15) is 14.0 Å². The van der Waals surface area contributed by atoms with E-state index in [0.29, 0.717) is 6.54 Å². The first-order valence-electron chi connectivity index (χ1n) is 5.16. The zero-order valence-corrected chi connectivity index (χ0v) is 9.18. The minimum Gasteiger partial charge on any atom is -0.489 e. The van der Waals surface area contributed by atoms with Crippen molar-refractivity contribution in [2.45, 2.75) is 6.10 Å². The van der Waals surface area contributed by atoms with Crippen LogP contribution in [0.15, 0.2) is 18.2 Å². The average molecular weight is 255 g/mol. The number of hydrogen-bond donors (Lipinski definition) is 2. The molecule has 1 atom stereocenters. The van der Waals surface area contributed by atoms with E-state index in [0.717, 1.165) is 12.1 Å². The van der Waals surface area contributed by atoms with Crippen LogP contribution in [0.2, 0.25) is 0 Å². The number of carbonyl (C=O) groups is 2. The molecule has 2 N–H and O–H groups in total. The largest absolute Gasteiger partial charge is 0.489 e. The van der Waals surface area contributed by atoms with Crippen LogP contribution < -0.4 is 10.1 Å². The summed E-state index contributed by atoms with van der Waals surface area (Å²) in [4.78, 5) is 21.6. The van der Waals surface area contributed by atoms with Gasteiger partial charge in [-0.2, -0.15) is 0 Å². The van der Waals surface area contributed by atoms with Crippen molar-refractivity contribution in [3.05, 3.63) is 29.6 Å². The number of carboxylic acid groups (broad SMARTS) is 1. The van der Waals surface area contributed by atoms with Gasteiger partial charge in [-0.3, -0.25) is 0 Å². The lowest BCUT2D eigenvalue weighted by Gasteiger charge is -2.12. The molecule has 1 aromatic carbocycles. The Kier molecular flexibility index (Phi) is 3.31. The number of cyclic esters (lactones) is 1. The van der Waals surface area contributed by atoms with Gasteiger partial charge in [0.25, 0.3) is 0 Å². The third kappa shape index (κ3) is 2.68. The van der Waals surface area contributed by atoms with Crippen molar-refractivity contribution in [1.82, 2.24) is 5.32 Å². The fourth-order valence-electron chi connectivity index (χ4n) is 1.50. The number of nitrogens with one attached hydrogen (secondary N) is 1. The Morgan fingerprint density at radius 1 is 1.61 bits per heavy atom. The van der Waals surface area contributed by atoms with E-state index in [-0.39, 0.29) is 17.9 Å². The molecule has 96 valence electrons. The average Bonchev–Trinajstić information content (AvgIpc) is 2.73. The van der Waals surface area contributed by atoms with Crippen LogP contribution in [0.5, 0.6) is 5.75 Å². The number of alkyl carbamates (subject to hydrolysis) is 1. The van der Waals surface area contributed by atoms with Gasteiger partial charge in [-0.05, 0) is 18.2 Å². The molecule has 0 bridgehead atoms. The molecule has 1 saturated heterocycles. The molecule has 0 saturated carbocycles. The second kappa shape index (κ2) is 4.91. The molecule has 1 fully saturated rings. The van der Waals surface area contributed by atoms with Crippen LogP contribution in [0.4, 0.5) is 9.18 Å². The Morgan fingerprint density at radius 3 is 3.00 bits per heavy atom. The van der Waals surface area contributed by atoms with Crippen LogP contribution in [0.25, 0.3) is 0 Å². The molecule has 1 aliphatic rings. The van der Waals surface area contributed by atoms with Gasteiger partial charge in [-0.1, -0.05) is 0 Å². The van der Waals surface area contributed by atoms with Crippen molar-refractivity contribution >= 4 is 12.1 Å². The molecule has 2 rings (SSSR count). The van der Waals surface area contributed by atoms with E-state index < -0.39 is 24.0 Å². The summed E-state index contributed by atoms with van der Waals surface area (Å²) in [6.45, 7) is 0.299. The highest BCUT2D eigenvalue weighted by Gasteiger charge is 2.23. The topological polar surface area (TPSA) is 84.9 Å². The molecule has 1 aliphatic heterocycles. The summed E-state index contributed by atoms with van der Waals surface area (Å²) < 4.78 is 22.9. The molecular weight excluding hydrogens is 245 g/mol. The predicted molar refractivity (Wildman–Crippen MR) is 57.1 cm³/mol. The van der Waals surface area contributed by atoms with Crippen molar-refractivity contribution in [1.29, 1.82) is 0 Å². The summed E-state index contributed by atoms with van der Waals surface area (Å²) in [5.74, 6) is -1.91. The Morgan fingerprint density at radius 2 is 2.39 bits per heavy atom. The van der Waals surface area contributed by atoms with Crippen LogP contribution >= 0.6 is 0 Å². The van der Waals surface area contributed by atoms with Gasteiger partial charge in [-0.25, -0.2) is 14.0 Å². The summed E-state index contributed by atoms with van der Waals surface area (Å²) in [6.07, 6.45) is -1.02. The van der Waals surface area contributed by atoms with Crippen LogP contribution in [0.3, 0.4) is 0 Å². The summed E-state index contributed by atoms with van der Waals surface area (Å²) in [6, 6.07) is 3.19. The number of rotatable bonds is 4. The van der Waals surface area contributed by atoms with Crippen LogP contribution in [0.1, 0.15) is 10.4 Å². The van der Waals surface area contributed by atoms with Crippen LogP contribution in [-0.4, -0.2) is 36.4 Å². The first-order chi connectivity index (χ1) is 8.56. The summed E-state index contributed by atoms with van der Waals surface area (Å²) in [5, 5.41) is 11.3. The van der Waals surface area contributed by atoms with E-state index in [2.05, 4.69) is 5.32 Å². The van der Waals surface area contributed by atoms with Gasteiger partial charge in [0.05, 0.1) is 6.54 Å². The highest BCUT2D eigenvalue weighted by Crippen LogP contribution is 2.20. The normalized spacial score (nSPS) is 18.1. The number of aromatic carboxylic acids is 1. The number of carbonyl (C=O) groups excluding carboxylic acids is 1. The quantitative estimate of drug-likeness (QED) is 0.838. The second-order valence-corrected chi connectivity index (χ2v) is 3.66. The monoisotopic (exact) mass is 255 g/mol.